The number of fused-ring (bicyclic) bond motifs is 1. The minimum absolute atomic E-state index is 0.0349. The summed E-state index contributed by atoms with van der Waals surface area (Å²) in [6.07, 6.45) is 4.96. The van der Waals surface area contributed by atoms with E-state index in [4.69, 9.17) is 0 Å². The molecule has 2 aromatic rings. The van der Waals surface area contributed by atoms with Gasteiger partial charge in [-0.15, -0.1) is 0 Å². The van der Waals surface area contributed by atoms with Gasteiger partial charge in [0.25, 0.3) is 5.91 Å². The number of hydrogen-bond acceptors (Lipinski definition) is 2. The molecule has 0 spiro atoms. The van der Waals surface area contributed by atoms with Crippen LogP contribution in [0.5, 0.6) is 0 Å². The number of carbonyl (C=O) groups excluding carboxylic acids is 1. The van der Waals surface area contributed by atoms with Crippen LogP contribution in [0.1, 0.15) is 46.1 Å². The fourth-order valence-corrected chi connectivity index (χ4v) is 3.33. The summed E-state index contributed by atoms with van der Waals surface area (Å²) < 4.78 is 2.74. The predicted molar refractivity (Wildman–Crippen MR) is 85.2 cm³/mol. The van der Waals surface area contributed by atoms with E-state index in [0.29, 0.717) is 5.56 Å². The Bertz CT molecular complexity index is 693. The molecule has 3 rings (SSSR count). The SMILES string of the molecule is Cc1ccc(Br)c(C(=O)NC2CCCc3c2cnn3C)c1. The first-order chi connectivity index (χ1) is 10.1. The van der Waals surface area contributed by atoms with Gasteiger partial charge in [-0.25, -0.2) is 0 Å². The number of amides is 1. The molecule has 0 saturated carbocycles. The van der Waals surface area contributed by atoms with Crippen molar-refractivity contribution in [1.29, 1.82) is 0 Å². The molecule has 0 bridgehead atoms. The van der Waals surface area contributed by atoms with Gasteiger partial charge < -0.3 is 5.32 Å². The molecule has 110 valence electrons. The molecule has 4 nitrogen and oxygen atoms in total. The van der Waals surface area contributed by atoms with Crippen LogP contribution in [0.25, 0.3) is 0 Å². The van der Waals surface area contributed by atoms with Crippen LogP contribution in [0, 0.1) is 6.92 Å². The standard InChI is InChI=1S/C16H18BrN3O/c1-10-6-7-13(17)11(8-10)16(21)19-14-4-3-5-15-12(14)9-18-20(15)2/h6-9,14H,3-5H2,1-2H3,(H,19,21). The third-order valence-corrected chi connectivity index (χ3v) is 4.74. The van der Waals surface area contributed by atoms with E-state index in [-0.39, 0.29) is 11.9 Å². The van der Waals surface area contributed by atoms with E-state index in [1.807, 2.05) is 43.0 Å². The Balaban J connectivity index is 1.84. The average Bonchev–Trinajstić information content (AvgIpc) is 2.84. The van der Waals surface area contributed by atoms with Crippen LogP contribution in [0.3, 0.4) is 0 Å². The average molecular weight is 348 g/mol. The maximum Gasteiger partial charge on any atom is 0.252 e. The van der Waals surface area contributed by atoms with Gasteiger partial charge in [-0.1, -0.05) is 11.6 Å². The second-order valence-corrected chi connectivity index (χ2v) is 6.43. The highest BCUT2D eigenvalue weighted by Gasteiger charge is 2.25. The first-order valence-electron chi connectivity index (χ1n) is 7.14. The Morgan fingerprint density at radius 3 is 3.10 bits per heavy atom. The van der Waals surface area contributed by atoms with Gasteiger partial charge in [0, 0.05) is 22.8 Å². The maximum atomic E-state index is 12.5. The lowest BCUT2D eigenvalue weighted by Gasteiger charge is -2.24. The lowest BCUT2D eigenvalue weighted by molar-refractivity contribution is 0.0932. The van der Waals surface area contributed by atoms with Crippen molar-refractivity contribution < 1.29 is 4.79 Å². The van der Waals surface area contributed by atoms with Crippen LogP contribution in [0.4, 0.5) is 0 Å². The Morgan fingerprint density at radius 1 is 1.48 bits per heavy atom. The van der Waals surface area contributed by atoms with E-state index in [1.165, 1.54) is 5.69 Å². The van der Waals surface area contributed by atoms with Crippen LogP contribution in [0.2, 0.25) is 0 Å². The summed E-state index contributed by atoms with van der Waals surface area (Å²) in [5.41, 5.74) is 4.15. The Labute approximate surface area is 132 Å². The summed E-state index contributed by atoms with van der Waals surface area (Å²) in [5, 5.41) is 7.47. The number of hydrogen-bond donors (Lipinski definition) is 1. The van der Waals surface area contributed by atoms with Gasteiger partial charge in [0.1, 0.15) is 0 Å². The minimum atomic E-state index is -0.0349. The first-order valence-corrected chi connectivity index (χ1v) is 7.93. The fraction of sp³-hybridized carbons (Fsp3) is 0.375. The molecular weight excluding hydrogens is 330 g/mol. The van der Waals surface area contributed by atoms with Gasteiger partial charge in [-0.3, -0.25) is 9.48 Å². The number of nitrogens with one attached hydrogen (secondary N) is 1. The second-order valence-electron chi connectivity index (χ2n) is 5.57. The molecule has 0 radical (unpaired) electrons. The van der Waals surface area contributed by atoms with Crippen LogP contribution < -0.4 is 5.32 Å². The van der Waals surface area contributed by atoms with E-state index < -0.39 is 0 Å². The molecule has 1 aliphatic carbocycles. The van der Waals surface area contributed by atoms with Crippen molar-refractivity contribution in [3.63, 3.8) is 0 Å². The Morgan fingerprint density at radius 2 is 2.29 bits per heavy atom. The summed E-state index contributed by atoms with van der Waals surface area (Å²) in [6, 6.07) is 5.87. The number of rotatable bonds is 2. The molecule has 0 fully saturated rings. The summed E-state index contributed by atoms with van der Waals surface area (Å²) >= 11 is 3.45. The van der Waals surface area contributed by atoms with Crippen molar-refractivity contribution in [3.05, 3.63) is 51.3 Å². The van der Waals surface area contributed by atoms with E-state index in [1.54, 1.807) is 0 Å². The smallest absolute Gasteiger partial charge is 0.252 e. The predicted octanol–water partition coefficient (Wildman–Crippen LogP) is 3.30. The summed E-state index contributed by atoms with van der Waals surface area (Å²) in [6.45, 7) is 1.99. The zero-order chi connectivity index (χ0) is 15.0. The van der Waals surface area contributed by atoms with Gasteiger partial charge in [0.2, 0.25) is 0 Å². The number of nitrogens with zero attached hydrogens (tertiary/aromatic N) is 2. The van der Waals surface area contributed by atoms with Crippen LogP contribution >= 0.6 is 15.9 Å². The highest BCUT2D eigenvalue weighted by molar-refractivity contribution is 9.10. The van der Waals surface area contributed by atoms with Gasteiger partial charge in [-0.2, -0.15) is 5.10 Å². The molecule has 1 heterocycles. The molecule has 0 aliphatic heterocycles. The number of benzene rings is 1. The molecule has 1 N–H and O–H groups in total. The molecule has 1 aliphatic rings. The quantitative estimate of drug-likeness (QED) is 0.905. The molecular formula is C16H18BrN3O. The lowest BCUT2D eigenvalue weighted by atomic mass is 9.92. The number of aromatic nitrogens is 2. The molecule has 1 aromatic carbocycles. The third kappa shape index (κ3) is 2.75. The topological polar surface area (TPSA) is 46.9 Å². The normalized spacial score (nSPS) is 17.4. The van der Waals surface area contributed by atoms with E-state index in [9.17, 15) is 4.79 Å². The molecule has 1 aromatic heterocycles. The van der Waals surface area contributed by atoms with Gasteiger partial charge in [0.05, 0.1) is 17.8 Å². The first kappa shape index (κ1) is 14.3. The summed E-state index contributed by atoms with van der Waals surface area (Å²) in [4.78, 5) is 12.5. The Hall–Kier alpha value is -1.62. The van der Waals surface area contributed by atoms with Crippen LogP contribution in [-0.2, 0) is 13.5 Å². The largest absolute Gasteiger partial charge is 0.345 e. The fourth-order valence-electron chi connectivity index (χ4n) is 2.91. The lowest BCUT2D eigenvalue weighted by Crippen LogP contribution is -2.31. The van der Waals surface area contributed by atoms with Crippen LogP contribution in [0.15, 0.2) is 28.9 Å². The highest BCUT2D eigenvalue weighted by Crippen LogP contribution is 2.30. The second kappa shape index (κ2) is 5.64. The van der Waals surface area contributed by atoms with Crippen molar-refractivity contribution in [3.8, 4) is 0 Å². The molecule has 1 amide bonds. The molecule has 0 saturated heterocycles. The molecule has 21 heavy (non-hydrogen) atoms. The minimum Gasteiger partial charge on any atom is -0.345 e. The van der Waals surface area contributed by atoms with Gasteiger partial charge >= 0.3 is 0 Å². The molecule has 5 heteroatoms. The molecule has 1 atom stereocenters. The number of halogens is 1. The zero-order valence-corrected chi connectivity index (χ0v) is 13.8. The van der Waals surface area contributed by atoms with Crippen molar-refractivity contribution in [2.45, 2.75) is 32.2 Å². The van der Waals surface area contributed by atoms with E-state index in [2.05, 4.69) is 26.3 Å². The van der Waals surface area contributed by atoms with Gasteiger partial charge in [-0.05, 0) is 54.2 Å². The van der Waals surface area contributed by atoms with Crippen LogP contribution in [-0.4, -0.2) is 15.7 Å². The van der Waals surface area contributed by atoms with E-state index in [0.717, 1.165) is 34.9 Å². The van der Waals surface area contributed by atoms with Crippen molar-refractivity contribution in [1.82, 2.24) is 15.1 Å². The maximum absolute atomic E-state index is 12.5. The monoisotopic (exact) mass is 347 g/mol. The molecule has 1 unspecified atom stereocenters. The third-order valence-electron chi connectivity index (χ3n) is 4.05. The Kier molecular flexibility index (Phi) is 3.85. The summed E-state index contributed by atoms with van der Waals surface area (Å²) in [7, 11) is 1.96. The number of aryl methyl sites for hydroxylation is 2. The number of carbonyl (C=O) groups is 1. The van der Waals surface area contributed by atoms with Crippen molar-refractivity contribution >= 4 is 21.8 Å². The van der Waals surface area contributed by atoms with Crippen molar-refractivity contribution in [2.75, 3.05) is 0 Å². The van der Waals surface area contributed by atoms with Crippen molar-refractivity contribution in [2.24, 2.45) is 7.05 Å². The van der Waals surface area contributed by atoms with Gasteiger partial charge in [0.15, 0.2) is 0 Å². The zero-order valence-electron chi connectivity index (χ0n) is 12.2. The highest BCUT2D eigenvalue weighted by atomic mass is 79.9. The summed E-state index contributed by atoms with van der Waals surface area (Å²) in [5.74, 6) is -0.0349. The van der Waals surface area contributed by atoms with E-state index >= 15 is 0 Å².